The van der Waals surface area contributed by atoms with E-state index in [9.17, 15) is 4.79 Å². The van der Waals surface area contributed by atoms with Crippen molar-refractivity contribution in [3.05, 3.63) is 51.2 Å². The number of rotatable bonds is 5. The maximum Gasteiger partial charge on any atom is 0.355 e. The number of ether oxygens (including phenoxy) is 1. The maximum atomic E-state index is 12.2. The molecule has 0 amide bonds. The van der Waals surface area contributed by atoms with E-state index in [0.717, 1.165) is 23.0 Å². The summed E-state index contributed by atoms with van der Waals surface area (Å²) in [5.41, 5.74) is 7.51. The van der Waals surface area contributed by atoms with Crippen molar-refractivity contribution >= 4 is 39.2 Å². The molecule has 0 aliphatic heterocycles. The van der Waals surface area contributed by atoms with Gasteiger partial charge in [-0.05, 0) is 24.6 Å². The Morgan fingerprint density at radius 2 is 2.19 bits per heavy atom. The van der Waals surface area contributed by atoms with Crippen LogP contribution in [0.25, 0.3) is 0 Å². The van der Waals surface area contributed by atoms with E-state index in [0.29, 0.717) is 16.4 Å². The number of carbonyl (C=O) groups is 1. The Kier molecular flexibility index (Phi) is 5.31. The molecule has 1 aromatic carbocycles. The van der Waals surface area contributed by atoms with Crippen molar-refractivity contribution in [1.82, 2.24) is 4.57 Å². The first kappa shape index (κ1) is 15.9. The van der Waals surface area contributed by atoms with E-state index >= 15 is 0 Å². The number of hydrogen-bond donors (Lipinski definition) is 1. The third-order valence-electron chi connectivity index (χ3n) is 2.97. The summed E-state index contributed by atoms with van der Waals surface area (Å²) in [4.78, 5) is 12.2. The molecular formula is C15H16BrClN2O2. The second-order valence-electron chi connectivity index (χ2n) is 4.66. The first-order valence-corrected chi connectivity index (χ1v) is 7.75. The summed E-state index contributed by atoms with van der Waals surface area (Å²) in [5, 5.41) is 0.556. The van der Waals surface area contributed by atoms with Crippen molar-refractivity contribution < 1.29 is 9.53 Å². The number of aryl methyl sites for hydroxylation is 1. The lowest BCUT2D eigenvalue weighted by atomic mass is 10.2. The largest absolute Gasteiger partial charge is 0.456 e. The number of nitrogens with two attached hydrogens (primary N) is 1. The van der Waals surface area contributed by atoms with Gasteiger partial charge in [-0.15, -0.1) is 0 Å². The maximum absolute atomic E-state index is 12.2. The highest BCUT2D eigenvalue weighted by atomic mass is 79.9. The number of halogens is 2. The van der Waals surface area contributed by atoms with E-state index in [1.807, 2.05) is 19.1 Å². The zero-order valence-electron chi connectivity index (χ0n) is 11.6. The quantitative estimate of drug-likeness (QED) is 0.799. The van der Waals surface area contributed by atoms with Crippen molar-refractivity contribution in [1.29, 1.82) is 0 Å². The van der Waals surface area contributed by atoms with Crippen LogP contribution in [0.4, 0.5) is 5.69 Å². The molecule has 2 rings (SSSR count). The van der Waals surface area contributed by atoms with E-state index in [2.05, 4.69) is 15.9 Å². The van der Waals surface area contributed by atoms with Gasteiger partial charge in [-0.25, -0.2) is 4.79 Å². The molecule has 1 aromatic heterocycles. The number of esters is 1. The van der Waals surface area contributed by atoms with Gasteiger partial charge in [0.1, 0.15) is 12.3 Å². The van der Waals surface area contributed by atoms with Crippen LogP contribution < -0.4 is 5.73 Å². The SMILES string of the molecule is CCCn1cc(N)cc1C(=O)OCc1ccc(Br)cc1Cl. The Morgan fingerprint density at radius 3 is 2.86 bits per heavy atom. The van der Waals surface area contributed by atoms with Gasteiger partial charge in [-0.1, -0.05) is 40.5 Å². The molecule has 0 spiro atoms. The Hall–Kier alpha value is -1.46. The second-order valence-corrected chi connectivity index (χ2v) is 5.99. The summed E-state index contributed by atoms with van der Waals surface area (Å²) in [6.45, 7) is 2.88. The number of carbonyl (C=O) groups excluding carboxylic acids is 1. The molecule has 0 atom stereocenters. The molecule has 112 valence electrons. The summed E-state index contributed by atoms with van der Waals surface area (Å²) in [6, 6.07) is 7.07. The first-order valence-electron chi connectivity index (χ1n) is 6.58. The van der Waals surface area contributed by atoms with Gasteiger partial charge < -0.3 is 15.0 Å². The van der Waals surface area contributed by atoms with E-state index in [1.165, 1.54) is 0 Å². The zero-order chi connectivity index (χ0) is 15.4. The lowest BCUT2D eigenvalue weighted by Gasteiger charge is -2.09. The molecule has 0 radical (unpaired) electrons. The number of hydrogen-bond acceptors (Lipinski definition) is 3. The fraction of sp³-hybridized carbons (Fsp3) is 0.267. The average molecular weight is 372 g/mol. The summed E-state index contributed by atoms with van der Waals surface area (Å²) < 4.78 is 8.01. The van der Waals surface area contributed by atoms with Gasteiger partial charge in [0.25, 0.3) is 0 Å². The lowest BCUT2D eigenvalue weighted by Crippen LogP contribution is -2.11. The smallest absolute Gasteiger partial charge is 0.355 e. The van der Waals surface area contributed by atoms with Crippen LogP contribution in [0.5, 0.6) is 0 Å². The molecule has 21 heavy (non-hydrogen) atoms. The molecule has 2 aromatic rings. The molecule has 0 saturated carbocycles. The predicted molar refractivity (Wildman–Crippen MR) is 87.4 cm³/mol. The highest BCUT2D eigenvalue weighted by molar-refractivity contribution is 9.10. The molecule has 0 unspecified atom stereocenters. The molecule has 0 bridgehead atoms. The summed E-state index contributed by atoms with van der Waals surface area (Å²) in [5.74, 6) is -0.404. The standard InChI is InChI=1S/C15H16BrClN2O2/c1-2-5-19-8-12(18)7-14(19)15(20)21-9-10-3-4-11(16)6-13(10)17/h3-4,6-8H,2,5,9,18H2,1H3. The van der Waals surface area contributed by atoms with Crippen LogP contribution in [0.3, 0.4) is 0 Å². The van der Waals surface area contributed by atoms with Crippen LogP contribution in [0, 0.1) is 0 Å². The molecule has 0 aliphatic carbocycles. The molecule has 2 N–H and O–H groups in total. The van der Waals surface area contributed by atoms with Crippen LogP contribution in [-0.2, 0) is 17.9 Å². The molecule has 0 fully saturated rings. The van der Waals surface area contributed by atoms with E-state index in [-0.39, 0.29) is 6.61 Å². The van der Waals surface area contributed by atoms with E-state index in [1.54, 1.807) is 22.9 Å². The lowest BCUT2D eigenvalue weighted by molar-refractivity contribution is 0.0460. The Balaban J connectivity index is 2.08. The minimum absolute atomic E-state index is 0.127. The van der Waals surface area contributed by atoms with Gasteiger partial charge >= 0.3 is 5.97 Å². The van der Waals surface area contributed by atoms with Crippen molar-refractivity contribution in [3.63, 3.8) is 0 Å². The van der Waals surface area contributed by atoms with Crippen LogP contribution in [0.2, 0.25) is 5.02 Å². The molecule has 0 aliphatic rings. The highest BCUT2D eigenvalue weighted by Crippen LogP contribution is 2.22. The zero-order valence-corrected chi connectivity index (χ0v) is 13.9. The molecule has 6 heteroatoms. The fourth-order valence-corrected chi connectivity index (χ4v) is 2.71. The second kappa shape index (κ2) is 7.00. The summed E-state index contributed by atoms with van der Waals surface area (Å²) in [7, 11) is 0. The number of nitrogen functional groups attached to an aromatic ring is 1. The number of anilines is 1. The summed E-state index contributed by atoms with van der Waals surface area (Å²) in [6.07, 6.45) is 2.65. The Bertz CT molecular complexity index is 655. The minimum atomic E-state index is -0.404. The Labute approximate surface area is 137 Å². The topological polar surface area (TPSA) is 57.2 Å². The van der Waals surface area contributed by atoms with Gasteiger partial charge in [0.05, 0.1) is 5.69 Å². The molecule has 0 saturated heterocycles. The predicted octanol–water partition coefficient (Wildman–Crippen LogP) is 4.25. The monoisotopic (exact) mass is 370 g/mol. The van der Waals surface area contributed by atoms with Crippen molar-refractivity contribution in [2.45, 2.75) is 26.5 Å². The average Bonchev–Trinajstić information content (AvgIpc) is 2.79. The van der Waals surface area contributed by atoms with Gasteiger partial charge in [0.15, 0.2) is 0 Å². The number of benzene rings is 1. The number of aromatic nitrogens is 1. The van der Waals surface area contributed by atoms with E-state index < -0.39 is 5.97 Å². The third kappa shape index (κ3) is 4.02. The van der Waals surface area contributed by atoms with Gasteiger partial charge in [0.2, 0.25) is 0 Å². The van der Waals surface area contributed by atoms with Crippen LogP contribution in [0.15, 0.2) is 34.9 Å². The van der Waals surface area contributed by atoms with Crippen LogP contribution in [0.1, 0.15) is 29.4 Å². The first-order chi connectivity index (χ1) is 10.0. The van der Waals surface area contributed by atoms with Gasteiger partial charge in [-0.2, -0.15) is 0 Å². The van der Waals surface area contributed by atoms with Crippen molar-refractivity contribution in [2.24, 2.45) is 0 Å². The molecule has 4 nitrogen and oxygen atoms in total. The van der Waals surface area contributed by atoms with Crippen molar-refractivity contribution in [3.8, 4) is 0 Å². The molecule has 1 heterocycles. The van der Waals surface area contributed by atoms with E-state index in [4.69, 9.17) is 22.1 Å². The van der Waals surface area contributed by atoms with Crippen LogP contribution in [-0.4, -0.2) is 10.5 Å². The number of nitrogens with zero attached hydrogens (tertiary/aromatic N) is 1. The summed E-state index contributed by atoms with van der Waals surface area (Å²) >= 11 is 9.43. The Morgan fingerprint density at radius 1 is 1.43 bits per heavy atom. The highest BCUT2D eigenvalue weighted by Gasteiger charge is 2.14. The fourth-order valence-electron chi connectivity index (χ4n) is 1.99. The van der Waals surface area contributed by atoms with Gasteiger partial charge in [0, 0.05) is 27.8 Å². The minimum Gasteiger partial charge on any atom is -0.456 e. The van der Waals surface area contributed by atoms with Gasteiger partial charge in [-0.3, -0.25) is 0 Å². The van der Waals surface area contributed by atoms with Crippen LogP contribution >= 0.6 is 27.5 Å². The normalized spacial score (nSPS) is 10.6. The van der Waals surface area contributed by atoms with Crippen molar-refractivity contribution in [2.75, 3.05) is 5.73 Å². The molecular weight excluding hydrogens is 356 g/mol. The third-order valence-corrected chi connectivity index (χ3v) is 3.81.